The van der Waals surface area contributed by atoms with Crippen LogP contribution in [0, 0.1) is 0 Å². The Hall–Kier alpha value is -1.96. The summed E-state index contributed by atoms with van der Waals surface area (Å²) in [5.74, 6) is -10.6. The molecule has 2 unspecified atom stereocenters. The molecule has 2 fully saturated rings. The van der Waals surface area contributed by atoms with Gasteiger partial charge in [0.05, 0.1) is 12.8 Å². The predicted molar refractivity (Wildman–Crippen MR) is 81.6 cm³/mol. The van der Waals surface area contributed by atoms with Crippen LogP contribution in [0.25, 0.3) is 0 Å². The number of hydroxylamine groups is 4. The van der Waals surface area contributed by atoms with Gasteiger partial charge in [0.1, 0.15) is 0 Å². The van der Waals surface area contributed by atoms with Crippen molar-refractivity contribution in [2.45, 2.75) is 23.3 Å². The number of carbonyl (C=O) groups is 6. The van der Waals surface area contributed by atoms with Crippen molar-refractivity contribution in [2.75, 3.05) is 0 Å². The quantitative estimate of drug-likeness (QED) is 0.172. The Kier molecular flexibility index (Phi) is 7.28. The van der Waals surface area contributed by atoms with Gasteiger partial charge in [-0.25, -0.2) is 9.59 Å². The van der Waals surface area contributed by atoms with Gasteiger partial charge in [0, 0.05) is 29.6 Å². The molecule has 2 atom stereocenters. The summed E-state index contributed by atoms with van der Waals surface area (Å²) < 4.78 is 61.4. The molecule has 4 amide bonds. The first kappa shape index (κ1) is 25.1. The fourth-order valence-corrected chi connectivity index (χ4v) is 3.47. The Morgan fingerprint density at radius 2 is 1.03 bits per heavy atom. The van der Waals surface area contributed by atoms with Crippen LogP contribution < -0.4 is 0 Å². The number of hydrogen-bond acceptors (Lipinski definition) is 12. The Morgan fingerprint density at radius 3 is 1.24 bits per heavy atom. The third-order valence-electron chi connectivity index (χ3n) is 3.36. The van der Waals surface area contributed by atoms with Crippen LogP contribution in [0.4, 0.5) is 0 Å². The van der Waals surface area contributed by atoms with Crippen molar-refractivity contribution in [1.29, 1.82) is 0 Å². The van der Waals surface area contributed by atoms with Crippen LogP contribution in [0.1, 0.15) is 12.8 Å². The first-order valence-corrected chi connectivity index (χ1v) is 9.75. The van der Waals surface area contributed by atoms with Crippen LogP contribution in [-0.4, -0.2) is 112 Å². The van der Waals surface area contributed by atoms with Crippen molar-refractivity contribution in [2.24, 2.45) is 0 Å². The van der Waals surface area contributed by atoms with E-state index in [1.807, 2.05) is 0 Å². The van der Waals surface area contributed by atoms with Gasteiger partial charge >= 0.3 is 11.9 Å². The molecule has 2 aliphatic heterocycles. The van der Waals surface area contributed by atoms with Gasteiger partial charge in [-0.2, -0.15) is 16.8 Å². The van der Waals surface area contributed by atoms with E-state index in [2.05, 4.69) is 9.68 Å². The maximum absolute atomic E-state index is 11.6. The zero-order valence-corrected chi connectivity index (χ0v) is 17.7. The van der Waals surface area contributed by atoms with E-state index in [1.165, 1.54) is 0 Å². The molecule has 2 heterocycles. The minimum Gasteiger partial charge on any atom is -0.319 e. The molecule has 0 aromatic carbocycles. The van der Waals surface area contributed by atoms with Gasteiger partial charge in [0.2, 0.25) is 0 Å². The van der Waals surface area contributed by atoms with Gasteiger partial charge in [0.25, 0.3) is 43.9 Å². The van der Waals surface area contributed by atoms with E-state index < -0.39 is 89.3 Å². The van der Waals surface area contributed by atoms with E-state index >= 15 is 0 Å². The Bertz CT molecular complexity index is 935. The first-order valence-electron chi connectivity index (χ1n) is 6.75. The molecule has 0 aliphatic carbocycles. The zero-order valence-electron chi connectivity index (χ0n) is 14.1. The normalized spacial score (nSPS) is 22.6. The zero-order chi connectivity index (χ0) is 21.6. The summed E-state index contributed by atoms with van der Waals surface area (Å²) in [5, 5.41) is -5.45. The third kappa shape index (κ3) is 5.15. The average Bonchev–Trinajstić information content (AvgIpc) is 2.98. The van der Waals surface area contributed by atoms with E-state index in [-0.39, 0.29) is 29.6 Å². The maximum atomic E-state index is 11.6. The van der Waals surface area contributed by atoms with Crippen molar-refractivity contribution in [3.05, 3.63) is 0 Å². The molecule has 0 saturated carbocycles. The summed E-state index contributed by atoms with van der Waals surface area (Å²) in [4.78, 5) is 77.4. The molecule has 16 nitrogen and oxygen atoms in total. The number of hydrogen-bond donors (Lipinski definition) is 2. The molecular formula is C10H8N2NaO14S2. The second-order valence-corrected chi connectivity index (χ2v) is 8.42. The van der Waals surface area contributed by atoms with Gasteiger partial charge in [0.15, 0.2) is 10.5 Å². The fraction of sp³-hybridized carbons (Fsp3) is 0.400. The first-order chi connectivity index (χ1) is 12.6. The van der Waals surface area contributed by atoms with Gasteiger partial charge < -0.3 is 9.68 Å². The number of carbonyl (C=O) groups excluding carboxylic acids is 6. The topological polar surface area (TPSA) is 236 Å². The summed E-state index contributed by atoms with van der Waals surface area (Å²) >= 11 is 0. The second-order valence-electron chi connectivity index (χ2n) is 5.23. The average molecular weight is 467 g/mol. The molecule has 0 aromatic rings. The summed E-state index contributed by atoms with van der Waals surface area (Å²) in [6, 6.07) is 0. The molecule has 155 valence electrons. The molecule has 2 saturated heterocycles. The maximum Gasteiger partial charge on any atom is 0.444 e. The fourth-order valence-electron chi connectivity index (χ4n) is 2.06. The van der Waals surface area contributed by atoms with Crippen molar-refractivity contribution in [3.63, 3.8) is 0 Å². The van der Waals surface area contributed by atoms with Crippen molar-refractivity contribution in [3.8, 4) is 0 Å². The summed E-state index contributed by atoms with van der Waals surface area (Å²) in [5.41, 5.74) is 0. The van der Waals surface area contributed by atoms with Crippen LogP contribution in [0.2, 0.25) is 0 Å². The van der Waals surface area contributed by atoms with Crippen LogP contribution >= 0.6 is 0 Å². The van der Waals surface area contributed by atoms with Crippen LogP contribution in [0.5, 0.6) is 0 Å². The van der Waals surface area contributed by atoms with Gasteiger partial charge in [-0.05, 0) is 0 Å². The standard InChI is InChI=1S/C10H8N2O14S2.Na/c13-5-1-3(27(19,20)21)7(15)11(5)25-9(17)10(18)26-12-6(14)2-4(8(12)16)28(22,23)24;/h3-4H,1-2H2,(H,19,20,21)(H,22,23,24);. The Balaban J connectivity index is 0.00000420. The van der Waals surface area contributed by atoms with E-state index in [4.69, 9.17) is 9.11 Å². The number of rotatable bonds is 4. The number of imide groups is 2. The molecule has 2 aliphatic rings. The third-order valence-corrected chi connectivity index (χ3v) is 5.53. The van der Waals surface area contributed by atoms with Crippen LogP contribution in [-0.2, 0) is 58.7 Å². The van der Waals surface area contributed by atoms with Gasteiger partial charge in [-0.1, -0.05) is 0 Å². The largest absolute Gasteiger partial charge is 0.444 e. The number of nitrogens with zero attached hydrogens (tertiary/aromatic N) is 2. The molecule has 2 N–H and O–H groups in total. The van der Waals surface area contributed by atoms with Gasteiger partial charge in [-0.3, -0.25) is 28.3 Å². The molecule has 0 bridgehead atoms. The van der Waals surface area contributed by atoms with Gasteiger partial charge in [-0.15, -0.1) is 10.1 Å². The van der Waals surface area contributed by atoms with Crippen LogP contribution in [0.15, 0.2) is 0 Å². The Labute approximate surface area is 182 Å². The van der Waals surface area contributed by atoms with E-state index in [0.717, 1.165) is 0 Å². The molecule has 0 aromatic heterocycles. The Morgan fingerprint density at radius 1 is 0.759 bits per heavy atom. The van der Waals surface area contributed by atoms with Crippen molar-refractivity contribution in [1.82, 2.24) is 10.1 Å². The molecule has 1 radical (unpaired) electrons. The van der Waals surface area contributed by atoms with Crippen molar-refractivity contribution < 1.29 is 64.4 Å². The van der Waals surface area contributed by atoms with Crippen LogP contribution in [0.3, 0.4) is 0 Å². The summed E-state index contributed by atoms with van der Waals surface area (Å²) in [6.45, 7) is 0. The van der Waals surface area contributed by atoms with E-state index in [1.54, 1.807) is 0 Å². The minimum absolute atomic E-state index is 0. The smallest absolute Gasteiger partial charge is 0.319 e. The monoisotopic (exact) mass is 467 g/mol. The molecule has 29 heavy (non-hydrogen) atoms. The van der Waals surface area contributed by atoms with E-state index in [0.29, 0.717) is 0 Å². The SMILES string of the molecule is O=C(ON1C(=O)CC(S(=O)(=O)O)C1=O)C(=O)ON1C(=O)CC(S(=O)(=O)O)C1=O.[Na]. The molecule has 2 rings (SSSR count). The summed E-state index contributed by atoms with van der Waals surface area (Å²) in [7, 11) is -10.0. The predicted octanol–water partition coefficient (Wildman–Crippen LogP) is -4.45. The van der Waals surface area contributed by atoms with E-state index in [9.17, 15) is 45.6 Å². The molecular weight excluding hydrogens is 459 g/mol. The van der Waals surface area contributed by atoms with Crippen molar-refractivity contribution >= 4 is 85.4 Å². The molecule has 19 heteroatoms. The molecule has 0 spiro atoms. The minimum atomic E-state index is -5.02. The number of amides is 4. The second kappa shape index (κ2) is 8.42. The summed E-state index contributed by atoms with van der Waals surface area (Å²) in [6.07, 6.45) is -2.20.